The van der Waals surface area contributed by atoms with Crippen molar-refractivity contribution in [2.45, 2.75) is 32.9 Å². The van der Waals surface area contributed by atoms with Crippen molar-refractivity contribution in [3.05, 3.63) is 72.2 Å². The minimum atomic E-state index is -0.970. The number of carbonyl (C=O) groups excluding carboxylic acids is 1. The molecule has 0 fully saturated rings. The molecule has 0 bridgehead atoms. The van der Waals surface area contributed by atoms with Gasteiger partial charge in [0.25, 0.3) is 5.91 Å². The Labute approximate surface area is 174 Å². The summed E-state index contributed by atoms with van der Waals surface area (Å²) in [5, 5.41) is 13.3. The Morgan fingerprint density at radius 3 is 2.73 bits per heavy atom. The standard InChI is InChI=1S/C23H23N5O2/c1-15-6-7-20-19(11-15)26-22(28(20)14-23(2,3)30)27-21(29)16-8-10-25-18(12-16)17-5-4-9-24-13-17/h4-13,30H,14H2,1-3H3,(H,26,27,29). The molecule has 3 aromatic heterocycles. The maximum absolute atomic E-state index is 13.0. The van der Waals surface area contributed by atoms with Crippen LogP contribution in [0.5, 0.6) is 0 Å². The van der Waals surface area contributed by atoms with Crippen molar-refractivity contribution < 1.29 is 9.90 Å². The van der Waals surface area contributed by atoms with Crippen LogP contribution in [0.1, 0.15) is 29.8 Å². The van der Waals surface area contributed by atoms with Crippen molar-refractivity contribution in [1.29, 1.82) is 0 Å². The molecule has 7 heteroatoms. The molecule has 0 saturated heterocycles. The number of amides is 1. The molecule has 4 rings (SSSR count). The zero-order valence-electron chi connectivity index (χ0n) is 17.1. The first-order valence-corrected chi connectivity index (χ1v) is 9.67. The number of nitrogens with zero attached hydrogens (tertiary/aromatic N) is 4. The highest BCUT2D eigenvalue weighted by atomic mass is 16.3. The molecule has 0 atom stereocenters. The van der Waals surface area contributed by atoms with E-state index in [0.717, 1.165) is 22.2 Å². The number of carbonyl (C=O) groups is 1. The predicted molar refractivity (Wildman–Crippen MR) is 116 cm³/mol. The van der Waals surface area contributed by atoms with Crippen molar-refractivity contribution in [3.63, 3.8) is 0 Å². The third kappa shape index (κ3) is 4.21. The topological polar surface area (TPSA) is 92.9 Å². The van der Waals surface area contributed by atoms with Gasteiger partial charge < -0.3 is 9.67 Å². The molecular formula is C23H23N5O2. The Morgan fingerprint density at radius 2 is 2.00 bits per heavy atom. The van der Waals surface area contributed by atoms with E-state index < -0.39 is 5.60 Å². The van der Waals surface area contributed by atoms with Crippen LogP contribution in [0.4, 0.5) is 5.95 Å². The second-order valence-corrected chi connectivity index (χ2v) is 7.95. The number of imidazole rings is 1. The largest absolute Gasteiger partial charge is 0.389 e. The minimum absolute atomic E-state index is 0.291. The molecule has 7 nitrogen and oxygen atoms in total. The van der Waals surface area contributed by atoms with Gasteiger partial charge in [-0.2, -0.15) is 0 Å². The molecule has 3 heterocycles. The number of aliphatic hydroxyl groups is 1. The fourth-order valence-corrected chi connectivity index (χ4v) is 3.30. The molecule has 152 valence electrons. The van der Waals surface area contributed by atoms with Gasteiger partial charge in [-0.25, -0.2) is 4.98 Å². The van der Waals surface area contributed by atoms with Crippen LogP contribution in [0.2, 0.25) is 0 Å². The van der Waals surface area contributed by atoms with Crippen LogP contribution in [-0.4, -0.2) is 36.1 Å². The molecule has 0 radical (unpaired) electrons. The van der Waals surface area contributed by atoms with E-state index in [0.29, 0.717) is 23.8 Å². The second kappa shape index (κ2) is 7.68. The van der Waals surface area contributed by atoms with E-state index in [-0.39, 0.29) is 5.91 Å². The summed E-state index contributed by atoms with van der Waals surface area (Å²) in [6, 6.07) is 13.0. The number of aryl methyl sites for hydroxylation is 1. The third-order valence-electron chi connectivity index (χ3n) is 4.65. The molecule has 4 aromatic rings. The van der Waals surface area contributed by atoms with E-state index in [9.17, 15) is 9.90 Å². The Morgan fingerprint density at radius 1 is 1.17 bits per heavy atom. The van der Waals surface area contributed by atoms with Gasteiger partial charge in [0.15, 0.2) is 0 Å². The number of fused-ring (bicyclic) bond motifs is 1. The molecule has 0 aliphatic heterocycles. The molecule has 0 aliphatic carbocycles. The van der Waals surface area contributed by atoms with Crippen LogP contribution in [-0.2, 0) is 6.54 Å². The smallest absolute Gasteiger partial charge is 0.258 e. The summed E-state index contributed by atoms with van der Waals surface area (Å²) in [6.45, 7) is 5.73. The molecular weight excluding hydrogens is 378 g/mol. The zero-order chi connectivity index (χ0) is 21.3. The number of rotatable bonds is 5. The summed E-state index contributed by atoms with van der Waals surface area (Å²) in [6.07, 6.45) is 4.99. The fourth-order valence-electron chi connectivity index (χ4n) is 3.30. The van der Waals surface area contributed by atoms with Gasteiger partial charge in [0.1, 0.15) is 0 Å². The average Bonchev–Trinajstić information content (AvgIpc) is 3.03. The Bertz CT molecular complexity index is 1210. The number of anilines is 1. The average molecular weight is 401 g/mol. The molecule has 1 aromatic carbocycles. The van der Waals surface area contributed by atoms with Crippen molar-refractivity contribution >= 4 is 22.9 Å². The summed E-state index contributed by atoms with van der Waals surface area (Å²) in [5.74, 6) is 0.0917. The van der Waals surface area contributed by atoms with Crippen LogP contribution < -0.4 is 5.32 Å². The lowest BCUT2D eigenvalue weighted by atomic mass is 10.1. The van der Waals surface area contributed by atoms with Crippen LogP contribution in [0.15, 0.2) is 61.1 Å². The van der Waals surface area contributed by atoms with Crippen LogP contribution in [0.25, 0.3) is 22.3 Å². The highest BCUT2D eigenvalue weighted by Gasteiger charge is 2.21. The second-order valence-electron chi connectivity index (χ2n) is 7.95. The molecule has 0 saturated carbocycles. The summed E-state index contributed by atoms with van der Waals surface area (Å²) in [5.41, 5.74) is 3.67. The highest BCUT2D eigenvalue weighted by molar-refractivity contribution is 6.04. The predicted octanol–water partition coefficient (Wildman–Crippen LogP) is 3.82. The van der Waals surface area contributed by atoms with Gasteiger partial charge in [-0.1, -0.05) is 6.07 Å². The monoisotopic (exact) mass is 401 g/mol. The number of aromatic nitrogens is 4. The molecule has 0 aliphatic rings. The first kappa shape index (κ1) is 19.7. The number of hydrogen-bond donors (Lipinski definition) is 2. The summed E-state index contributed by atoms with van der Waals surface area (Å²) in [4.78, 5) is 26.0. The molecule has 0 unspecified atom stereocenters. The zero-order valence-corrected chi connectivity index (χ0v) is 17.1. The van der Waals surface area contributed by atoms with Gasteiger partial charge in [-0.3, -0.25) is 20.1 Å². The first-order valence-electron chi connectivity index (χ1n) is 9.67. The highest BCUT2D eigenvalue weighted by Crippen LogP contribution is 2.24. The fraction of sp³-hybridized carbons (Fsp3) is 0.217. The van der Waals surface area contributed by atoms with E-state index in [4.69, 9.17) is 0 Å². The molecule has 1 amide bonds. The van der Waals surface area contributed by atoms with Crippen molar-refractivity contribution in [3.8, 4) is 11.3 Å². The minimum Gasteiger partial charge on any atom is -0.389 e. The third-order valence-corrected chi connectivity index (χ3v) is 4.65. The van der Waals surface area contributed by atoms with E-state index in [1.807, 2.05) is 41.8 Å². The quantitative estimate of drug-likeness (QED) is 0.530. The van der Waals surface area contributed by atoms with Gasteiger partial charge in [0.05, 0.1) is 28.9 Å². The van der Waals surface area contributed by atoms with E-state index in [1.54, 1.807) is 44.6 Å². The Hall–Kier alpha value is -3.58. The van der Waals surface area contributed by atoms with Gasteiger partial charge in [0.2, 0.25) is 5.95 Å². The van der Waals surface area contributed by atoms with Crippen molar-refractivity contribution in [2.75, 3.05) is 5.32 Å². The van der Waals surface area contributed by atoms with Gasteiger partial charge in [-0.15, -0.1) is 0 Å². The van der Waals surface area contributed by atoms with Gasteiger partial charge in [0, 0.05) is 29.7 Å². The lowest BCUT2D eigenvalue weighted by molar-refractivity contribution is 0.0630. The number of benzene rings is 1. The maximum atomic E-state index is 13.0. The van der Waals surface area contributed by atoms with Crippen molar-refractivity contribution in [1.82, 2.24) is 19.5 Å². The van der Waals surface area contributed by atoms with E-state index in [1.165, 1.54) is 0 Å². The number of hydrogen-bond acceptors (Lipinski definition) is 5. The normalized spacial score (nSPS) is 11.6. The number of nitrogens with one attached hydrogen (secondary N) is 1. The molecule has 30 heavy (non-hydrogen) atoms. The summed E-state index contributed by atoms with van der Waals surface area (Å²) in [7, 11) is 0. The lowest BCUT2D eigenvalue weighted by Crippen LogP contribution is -2.27. The summed E-state index contributed by atoms with van der Waals surface area (Å²) >= 11 is 0. The van der Waals surface area contributed by atoms with Gasteiger partial charge >= 0.3 is 0 Å². The van der Waals surface area contributed by atoms with Crippen LogP contribution >= 0.6 is 0 Å². The molecule has 2 N–H and O–H groups in total. The van der Waals surface area contributed by atoms with Crippen molar-refractivity contribution in [2.24, 2.45) is 0 Å². The first-order chi connectivity index (χ1) is 14.3. The molecule has 0 spiro atoms. The lowest BCUT2D eigenvalue weighted by Gasteiger charge is -2.20. The van der Waals surface area contributed by atoms with E-state index in [2.05, 4.69) is 20.3 Å². The Balaban J connectivity index is 1.69. The van der Waals surface area contributed by atoms with E-state index >= 15 is 0 Å². The number of pyridine rings is 2. The van der Waals surface area contributed by atoms with Crippen LogP contribution in [0.3, 0.4) is 0 Å². The maximum Gasteiger partial charge on any atom is 0.258 e. The van der Waals surface area contributed by atoms with Crippen LogP contribution in [0, 0.1) is 6.92 Å². The SMILES string of the molecule is Cc1ccc2c(c1)nc(NC(=O)c1ccnc(-c3cccnc3)c1)n2CC(C)(C)O. The summed E-state index contributed by atoms with van der Waals surface area (Å²) < 4.78 is 1.83. The van der Waals surface area contributed by atoms with Gasteiger partial charge in [-0.05, 0) is 62.7 Å². The Kier molecular flexibility index (Phi) is 5.05.